The molecule has 1 heterocycles. The van der Waals surface area contributed by atoms with E-state index in [-0.39, 0.29) is 5.82 Å². The lowest BCUT2D eigenvalue weighted by Gasteiger charge is -2.12. The van der Waals surface area contributed by atoms with Gasteiger partial charge in [-0.25, -0.2) is 4.39 Å². The molecule has 0 amide bonds. The maximum atomic E-state index is 13.9. The zero-order valence-corrected chi connectivity index (χ0v) is 17.1. The molecule has 4 nitrogen and oxygen atoms in total. The summed E-state index contributed by atoms with van der Waals surface area (Å²) in [6, 6.07) is 21.1. The Hall–Kier alpha value is -3.25. The molecule has 0 unspecified atom stereocenters. The number of halogens is 1. The number of benzene rings is 3. The molecule has 0 fully saturated rings. The second-order valence-electron chi connectivity index (χ2n) is 6.90. The Kier molecular flexibility index (Phi) is 5.27. The Morgan fingerprint density at radius 1 is 0.966 bits per heavy atom. The Labute approximate surface area is 174 Å². The monoisotopic (exact) mass is 404 g/mol. The molecule has 0 aliphatic rings. The van der Waals surface area contributed by atoms with Gasteiger partial charge in [0.2, 0.25) is 0 Å². The Bertz CT molecular complexity index is 1190. The molecule has 0 bridgehead atoms. The second-order valence-corrected chi connectivity index (χ2v) is 7.31. The van der Waals surface area contributed by atoms with Crippen LogP contribution in [0.1, 0.15) is 17.0 Å². The highest BCUT2D eigenvalue weighted by Crippen LogP contribution is 2.24. The molecule has 3 aromatic carbocycles. The number of aromatic nitrogens is 2. The lowest BCUT2D eigenvalue weighted by atomic mass is 10.0. The Morgan fingerprint density at radius 2 is 1.69 bits per heavy atom. The van der Waals surface area contributed by atoms with Crippen LogP contribution in [0.15, 0.2) is 66.7 Å². The molecular formula is C23H21FN4S. The van der Waals surface area contributed by atoms with Crippen molar-refractivity contribution in [3.8, 4) is 0 Å². The van der Waals surface area contributed by atoms with E-state index in [1.165, 1.54) is 22.4 Å². The van der Waals surface area contributed by atoms with Gasteiger partial charge in [-0.1, -0.05) is 54.6 Å². The number of fused-ring (bicyclic) bond motifs is 1. The average molecular weight is 405 g/mol. The number of aryl methyl sites for hydroxylation is 1. The lowest BCUT2D eigenvalue weighted by molar-refractivity contribution is 0.632. The number of para-hydroxylation sites is 1. The van der Waals surface area contributed by atoms with E-state index in [9.17, 15) is 4.39 Å². The normalized spacial score (nSPS) is 10.9. The predicted octanol–water partition coefficient (Wildman–Crippen LogP) is 5.65. The third kappa shape index (κ3) is 3.98. The summed E-state index contributed by atoms with van der Waals surface area (Å²) in [7, 11) is 0. The van der Waals surface area contributed by atoms with Gasteiger partial charge in [-0.3, -0.25) is 4.68 Å². The molecule has 2 N–H and O–H groups in total. The summed E-state index contributed by atoms with van der Waals surface area (Å²) in [5.41, 5.74) is 4.17. The Morgan fingerprint density at radius 3 is 2.52 bits per heavy atom. The van der Waals surface area contributed by atoms with Crippen LogP contribution in [0.5, 0.6) is 0 Å². The number of anilines is 2. The molecule has 0 spiro atoms. The number of nitrogens with zero attached hydrogens (tertiary/aromatic N) is 2. The average Bonchev–Trinajstić information content (AvgIpc) is 2.97. The number of nitrogens with one attached hydrogen (secondary N) is 2. The molecule has 29 heavy (non-hydrogen) atoms. The van der Waals surface area contributed by atoms with E-state index in [4.69, 9.17) is 12.2 Å². The van der Waals surface area contributed by atoms with Gasteiger partial charge < -0.3 is 10.6 Å². The van der Waals surface area contributed by atoms with Crippen molar-refractivity contribution < 1.29 is 4.39 Å². The first-order chi connectivity index (χ1) is 14.0. The summed E-state index contributed by atoms with van der Waals surface area (Å²) < 4.78 is 15.8. The zero-order chi connectivity index (χ0) is 20.4. The van der Waals surface area contributed by atoms with E-state index in [1.807, 2.05) is 30.7 Å². The highest BCUT2D eigenvalue weighted by molar-refractivity contribution is 7.80. The maximum absolute atomic E-state index is 13.9. The largest absolute Gasteiger partial charge is 0.330 e. The summed E-state index contributed by atoms with van der Waals surface area (Å²) in [4.78, 5) is 0. The summed E-state index contributed by atoms with van der Waals surface area (Å²) in [5, 5.41) is 13.5. The van der Waals surface area contributed by atoms with Gasteiger partial charge in [-0.2, -0.15) is 5.10 Å². The van der Waals surface area contributed by atoms with Crippen LogP contribution in [0.25, 0.3) is 10.8 Å². The molecule has 4 rings (SSSR count). The van der Waals surface area contributed by atoms with Crippen molar-refractivity contribution in [3.05, 3.63) is 89.5 Å². The van der Waals surface area contributed by atoms with E-state index in [0.29, 0.717) is 17.3 Å². The minimum absolute atomic E-state index is 0.325. The van der Waals surface area contributed by atoms with Crippen molar-refractivity contribution in [2.24, 2.45) is 0 Å². The van der Waals surface area contributed by atoms with Crippen LogP contribution in [0.3, 0.4) is 0 Å². The quantitative estimate of drug-likeness (QED) is 0.431. The fourth-order valence-corrected chi connectivity index (χ4v) is 3.67. The van der Waals surface area contributed by atoms with Gasteiger partial charge in [0, 0.05) is 0 Å². The van der Waals surface area contributed by atoms with Crippen LogP contribution in [0.4, 0.5) is 15.8 Å². The van der Waals surface area contributed by atoms with Gasteiger partial charge in [0.1, 0.15) is 5.82 Å². The molecular weight excluding hydrogens is 383 g/mol. The van der Waals surface area contributed by atoms with Crippen molar-refractivity contribution in [3.63, 3.8) is 0 Å². The van der Waals surface area contributed by atoms with Crippen molar-refractivity contribution in [2.75, 3.05) is 10.6 Å². The van der Waals surface area contributed by atoms with Gasteiger partial charge in [0.25, 0.3) is 0 Å². The Balaban J connectivity index is 1.56. The summed E-state index contributed by atoms with van der Waals surface area (Å²) >= 11 is 5.37. The second kappa shape index (κ2) is 8.01. The van der Waals surface area contributed by atoms with Crippen LogP contribution in [-0.2, 0) is 6.54 Å². The maximum Gasteiger partial charge on any atom is 0.175 e. The van der Waals surface area contributed by atoms with Gasteiger partial charge in [0.05, 0.1) is 29.3 Å². The van der Waals surface area contributed by atoms with Gasteiger partial charge in [-0.05, 0) is 54.5 Å². The standard InChI is InChI=1S/C23H21FN4S/c1-15-22(26-23(29)25-21-13-6-5-12-20(21)24)16(2)28(27-15)14-18-10-7-9-17-8-3-4-11-19(17)18/h3-13H,14H2,1-2H3,(H2,25,26,29). The molecule has 146 valence electrons. The fourth-order valence-electron chi connectivity index (χ4n) is 3.45. The van der Waals surface area contributed by atoms with Crippen LogP contribution >= 0.6 is 12.2 Å². The van der Waals surface area contributed by atoms with Gasteiger partial charge in [-0.15, -0.1) is 0 Å². The lowest BCUT2D eigenvalue weighted by Crippen LogP contribution is -2.20. The number of thiocarbonyl (C=S) groups is 1. The topological polar surface area (TPSA) is 41.9 Å². The molecule has 4 aromatic rings. The van der Waals surface area contributed by atoms with Crippen molar-refractivity contribution in [2.45, 2.75) is 20.4 Å². The number of hydrogen-bond donors (Lipinski definition) is 2. The molecule has 1 aromatic heterocycles. The third-order valence-corrected chi connectivity index (χ3v) is 5.15. The van der Waals surface area contributed by atoms with Gasteiger partial charge >= 0.3 is 0 Å². The summed E-state index contributed by atoms with van der Waals surface area (Å²) in [6.07, 6.45) is 0. The van der Waals surface area contributed by atoms with Crippen LogP contribution in [0, 0.1) is 19.7 Å². The molecule has 0 saturated carbocycles. The van der Waals surface area contributed by atoms with Gasteiger partial charge in [0.15, 0.2) is 5.11 Å². The predicted molar refractivity (Wildman–Crippen MR) is 121 cm³/mol. The van der Waals surface area contributed by atoms with Crippen molar-refractivity contribution >= 4 is 39.5 Å². The summed E-state index contributed by atoms with van der Waals surface area (Å²) in [6.45, 7) is 4.59. The number of hydrogen-bond acceptors (Lipinski definition) is 2. The first kappa shape index (κ1) is 19.1. The fraction of sp³-hybridized carbons (Fsp3) is 0.130. The first-order valence-electron chi connectivity index (χ1n) is 9.36. The molecule has 0 aliphatic heterocycles. The van der Waals surface area contributed by atoms with E-state index in [0.717, 1.165) is 17.1 Å². The molecule has 0 saturated heterocycles. The van der Waals surface area contributed by atoms with E-state index in [2.05, 4.69) is 46.1 Å². The minimum Gasteiger partial charge on any atom is -0.330 e. The minimum atomic E-state index is -0.350. The van der Waals surface area contributed by atoms with Crippen LogP contribution in [0.2, 0.25) is 0 Å². The summed E-state index contributed by atoms with van der Waals surface area (Å²) in [5.74, 6) is -0.350. The highest BCUT2D eigenvalue weighted by Gasteiger charge is 2.14. The first-order valence-corrected chi connectivity index (χ1v) is 9.77. The SMILES string of the molecule is Cc1nn(Cc2cccc3ccccc23)c(C)c1NC(=S)Nc1ccccc1F. The number of rotatable bonds is 4. The van der Waals surface area contributed by atoms with Crippen molar-refractivity contribution in [1.82, 2.24) is 9.78 Å². The van der Waals surface area contributed by atoms with Crippen molar-refractivity contribution in [1.29, 1.82) is 0 Å². The molecule has 0 atom stereocenters. The van der Waals surface area contributed by atoms with E-state index >= 15 is 0 Å². The van der Waals surface area contributed by atoms with Crippen LogP contribution < -0.4 is 10.6 Å². The van der Waals surface area contributed by atoms with E-state index < -0.39 is 0 Å². The third-order valence-electron chi connectivity index (χ3n) is 4.94. The smallest absolute Gasteiger partial charge is 0.175 e. The highest BCUT2D eigenvalue weighted by atomic mass is 32.1. The van der Waals surface area contributed by atoms with E-state index in [1.54, 1.807) is 18.2 Å². The van der Waals surface area contributed by atoms with Crippen LogP contribution in [-0.4, -0.2) is 14.9 Å². The molecule has 0 radical (unpaired) electrons. The molecule has 6 heteroatoms. The molecule has 0 aliphatic carbocycles. The zero-order valence-electron chi connectivity index (χ0n) is 16.2.